The molecule has 0 aromatic carbocycles. The number of hydrogen-bond acceptors (Lipinski definition) is 4. The van der Waals surface area contributed by atoms with Crippen molar-refractivity contribution in [1.82, 2.24) is 9.80 Å². The number of amidine groups is 1. The molecule has 1 aliphatic rings. The molecule has 1 rings (SSSR count). The lowest BCUT2D eigenvalue weighted by Crippen LogP contribution is -2.51. The number of carbonyl (C=O) groups is 1. The van der Waals surface area contributed by atoms with Crippen LogP contribution >= 0.6 is 0 Å². The van der Waals surface area contributed by atoms with Gasteiger partial charge in [0.15, 0.2) is 5.84 Å². The Balaban J connectivity index is 3.00. The Morgan fingerprint density at radius 1 is 1.38 bits per heavy atom. The molecular formula is C15H30N4O2. The number of nitrogens with zero attached hydrogens (tertiary/aromatic N) is 3. The van der Waals surface area contributed by atoms with Crippen LogP contribution in [0, 0.1) is 5.41 Å². The van der Waals surface area contributed by atoms with Crippen LogP contribution in [0.5, 0.6) is 0 Å². The maximum Gasteiger partial charge on any atom is 0.236 e. The fourth-order valence-electron chi connectivity index (χ4n) is 3.30. The number of carbonyl (C=O) groups excluding carboxylic acids is 1. The molecule has 6 heteroatoms. The Labute approximate surface area is 128 Å². The highest BCUT2D eigenvalue weighted by Crippen LogP contribution is 2.34. The van der Waals surface area contributed by atoms with Crippen LogP contribution in [0.25, 0.3) is 0 Å². The molecule has 6 nitrogen and oxygen atoms in total. The maximum absolute atomic E-state index is 13.1. The number of oxime groups is 1. The van der Waals surface area contributed by atoms with Gasteiger partial charge in [0, 0.05) is 19.1 Å². The predicted octanol–water partition coefficient (Wildman–Crippen LogP) is 1.48. The van der Waals surface area contributed by atoms with E-state index in [1.807, 2.05) is 32.8 Å². The van der Waals surface area contributed by atoms with Crippen LogP contribution in [-0.2, 0) is 4.79 Å². The highest BCUT2D eigenvalue weighted by molar-refractivity contribution is 6.06. The Morgan fingerprint density at radius 2 is 1.95 bits per heavy atom. The molecule has 1 amide bonds. The third-order valence-corrected chi connectivity index (χ3v) is 4.54. The molecule has 0 aromatic heterocycles. The van der Waals surface area contributed by atoms with Gasteiger partial charge in [-0.1, -0.05) is 31.8 Å². The van der Waals surface area contributed by atoms with Crippen molar-refractivity contribution in [2.45, 2.75) is 52.0 Å². The van der Waals surface area contributed by atoms with E-state index in [1.54, 1.807) is 0 Å². The zero-order valence-corrected chi connectivity index (χ0v) is 13.8. The molecule has 3 N–H and O–H groups in total. The van der Waals surface area contributed by atoms with Crippen LogP contribution in [0.2, 0.25) is 0 Å². The smallest absolute Gasteiger partial charge is 0.236 e. The molecule has 1 aliphatic heterocycles. The minimum atomic E-state index is -0.848. The molecule has 1 unspecified atom stereocenters. The van der Waals surface area contributed by atoms with Gasteiger partial charge in [-0.05, 0) is 33.4 Å². The fourth-order valence-corrected chi connectivity index (χ4v) is 3.30. The van der Waals surface area contributed by atoms with Gasteiger partial charge in [-0.25, -0.2) is 0 Å². The third-order valence-electron chi connectivity index (χ3n) is 4.54. The van der Waals surface area contributed by atoms with Crippen LogP contribution in [0.15, 0.2) is 5.16 Å². The van der Waals surface area contributed by atoms with Gasteiger partial charge in [0.2, 0.25) is 5.91 Å². The second-order valence-corrected chi connectivity index (χ2v) is 6.22. The molecule has 0 aliphatic carbocycles. The Kier molecular flexibility index (Phi) is 6.45. The minimum absolute atomic E-state index is 0.0193. The molecule has 21 heavy (non-hydrogen) atoms. The van der Waals surface area contributed by atoms with E-state index in [-0.39, 0.29) is 11.7 Å². The van der Waals surface area contributed by atoms with Gasteiger partial charge >= 0.3 is 0 Å². The first kappa shape index (κ1) is 17.8. The summed E-state index contributed by atoms with van der Waals surface area (Å²) >= 11 is 0. The summed E-state index contributed by atoms with van der Waals surface area (Å²) in [6.07, 6.45) is 3.88. The van der Waals surface area contributed by atoms with Crippen LogP contribution < -0.4 is 5.73 Å². The largest absolute Gasteiger partial charge is 0.409 e. The summed E-state index contributed by atoms with van der Waals surface area (Å²) in [5.74, 6) is 0.0790. The topological polar surface area (TPSA) is 82.2 Å². The van der Waals surface area contributed by atoms with Crippen LogP contribution in [0.4, 0.5) is 0 Å². The zero-order valence-electron chi connectivity index (χ0n) is 13.8. The van der Waals surface area contributed by atoms with E-state index in [0.717, 1.165) is 32.4 Å². The molecule has 122 valence electrons. The SMILES string of the molecule is CCCC(CCC)(C(=O)N1CCC(N(C)C)C1)C(N)=NO. The zero-order chi connectivity index (χ0) is 16.0. The predicted molar refractivity (Wildman–Crippen MR) is 84.3 cm³/mol. The van der Waals surface area contributed by atoms with Crippen LogP contribution in [-0.4, -0.2) is 60.0 Å². The second-order valence-electron chi connectivity index (χ2n) is 6.22. The lowest BCUT2D eigenvalue weighted by molar-refractivity contribution is -0.138. The lowest BCUT2D eigenvalue weighted by atomic mass is 9.76. The van der Waals surface area contributed by atoms with Crippen LogP contribution in [0.1, 0.15) is 46.0 Å². The second kappa shape index (κ2) is 7.64. The summed E-state index contributed by atoms with van der Waals surface area (Å²) in [4.78, 5) is 17.1. The number of amides is 1. The maximum atomic E-state index is 13.1. The molecule has 0 aromatic rings. The molecule has 1 heterocycles. The number of likely N-dealkylation sites (tertiary alicyclic amines) is 1. The van der Waals surface area contributed by atoms with Gasteiger partial charge in [-0.15, -0.1) is 0 Å². The molecule has 0 radical (unpaired) electrons. The Morgan fingerprint density at radius 3 is 2.33 bits per heavy atom. The summed E-state index contributed by atoms with van der Waals surface area (Å²) in [7, 11) is 4.07. The average Bonchev–Trinajstić information content (AvgIpc) is 2.95. The molecular weight excluding hydrogens is 268 g/mol. The van der Waals surface area contributed by atoms with Crippen molar-refractivity contribution in [2.24, 2.45) is 16.3 Å². The highest BCUT2D eigenvalue weighted by atomic mass is 16.4. The van der Waals surface area contributed by atoms with Crippen molar-refractivity contribution in [1.29, 1.82) is 0 Å². The number of rotatable bonds is 7. The van der Waals surface area contributed by atoms with E-state index < -0.39 is 5.41 Å². The highest BCUT2D eigenvalue weighted by Gasteiger charge is 2.45. The van der Waals surface area contributed by atoms with E-state index in [9.17, 15) is 4.79 Å². The van der Waals surface area contributed by atoms with Gasteiger partial charge < -0.3 is 20.7 Å². The normalized spacial score (nSPS) is 20.3. The molecule has 1 atom stereocenters. The van der Waals surface area contributed by atoms with Gasteiger partial charge in [0.1, 0.15) is 5.41 Å². The van der Waals surface area contributed by atoms with Gasteiger partial charge in [0.25, 0.3) is 0 Å². The average molecular weight is 298 g/mol. The molecule has 0 bridgehead atoms. The van der Waals surface area contributed by atoms with Crippen molar-refractivity contribution in [3.8, 4) is 0 Å². The Hall–Kier alpha value is -1.30. The number of hydrogen-bond donors (Lipinski definition) is 2. The minimum Gasteiger partial charge on any atom is -0.409 e. The quantitative estimate of drug-likeness (QED) is 0.323. The lowest BCUT2D eigenvalue weighted by Gasteiger charge is -2.34. The van der Waals surface area contributed by atoms with E-state index in [2.05, 4.69) is 10.1 Å². The van der Waals surface area contributed by atoms with Gasteiger partial charge in [-0.3, -0.25) is 4.79 Å². The van der Waals surface area contributed by atoms with E-state index in [1.165, 1.54) is 0 Å². The van der Waals surface area contributed by atoms with Gasteiger partial charge in [0.05, 0.1) is 0 Å². The van der Waals surface area contributed by atoms with Crippen LogP contribution in [0.3, 0.4) is 0 Å². The standard InChI is InChI=1S/C15H30N4O2/c1-5-8-15(9-6-2,13(16)17-21)14(20)19-10-7-12(11-19)18(3)4/h12,21H,5-11H2,1-4H3,(H2,16,17). The van der Waals surface area contributed by atoms with E-state index in [0.29, 0.717) is 18.9 Å². The van der Waals surface area contributed by atoms with Crippen molar-refractivity contribution < 1.29 is 10.0 Å². The fraction of sp³-hybridized carbons (Fsp3) is 0.867. The number of likely N-dealkylation sites (N-methyl/N-ethyl adjacent to an activating group) is 1. The van der Waals surface area contributed by atoms with E-state index >= 15 is 0 Å². The summed E-state index contributed by atoms with van der Waals surface area (Å²) in [5, 5.41) is 12.3. The number of nitrogens with two attached hydrogens (primary N) is 1. The van der Waals surface area contributed by atoms with E-state index in [4.69, 9.17) is 10.9 Å². The summed E-state index contributed by atoms with van der Waals surface area (Å²) in [6.45, 7) is 5.51. The monoisotopic (exact) mass is 298 g/mol. The van der Waals surface area contributed by atoms with Crippen molar-refractivity contribution in [3.05, 3.63) is 0 Å². The summed E-state index contributed by atoms with van der Waals surface area (Å²) < 4.78 is 0. The molecule has 0 spiro atoms. The molecule has 1 saturated heterocycles. The summed E-state index contributed by atoms with van der Waals surface area (Å²) in [5.41, 5.74) is 5.08. The van der Waals surface area contributed by atoms with Gasteiger partial charge in [-0.2, -0.15) is 0 Å². The third kappa shape index (κ3) is 3.67. The van der Waals surface area contributed by atoms with Crippen molar-refractivity contribution in [3.63, 3.8) is 0 Å². The Bertz CT molecular complexity index is 376. The first-order valence-corrected chi connectivity index (χ1v) is 7.86. The van der Waals surface area contributed by atoms with Crippen molar-refractivity contribution >= 4 is 11.7 Å². The molecule has 0 saturated carbocycles. The summed E-state index contributed by atoms with van der Waals surface area (Å²) in [6, 6.07) is 0.391. The van der Waals surface area contributed by atoms with Crippen molar-refractivity contribution in [2.75, 3.05) is 27.2 Å². The first-order valence-electron chi connectivity index (χ1n) is 7.86. The first-order chi connectivity index (χ1) is 9.92. The molecule has 1 fully saturated rings.